The number of hydrogen-bond donors (Lipinski definition) is 2. The van der Waals surface area contributed by atoms with Gasteiger partial charge in [-0.25, -0.2) is 4.39 Å². The van der Waals surface area contributed by atoms with E-state index >= 15 is 0 Å². The molecule has 2 heterocycles. The predicted molar refractivity (Wildman–Crippen MR) is 107 cm³/mol. The SMILES string of the molecule is Cc1cccc(OCC(O)CNc2ccc3nnc(-c4ccccc4F)n3n2)c1. The molecule has 4 aromatic rings. The van der Waals surface area contributed by atoms with Gasteiger partial charge < -0.3 is 15.2 Å². The van der Waals surface area contributed by atoms with Crippen LogP contribution in [0.4, 0.5) is 10.2 Å². The number of benzene rings is 2. The number of rotatable bonds is 7. The molecule has 1 atom stereocenters. The summed E-state index contributed by atoms with van der Waals surface area (Å²) in [5, 5.41) is 25.7. The first kappa shape index (κ1) is 18.8. The zero-order chi connectivity index (χ0) is 20.2. The van der Waals surface area contributed by atoms with Gasteiger partial charge in [-0.05, 0) is 48.9 Å². The molecule has 7 nitrogen and oxygen atoms in total. The number of hydrogen-bond acceptors (Lipinski definition) is 6. The maximum absolute atomic E-state index is 14.1. The second-order valence-corrected chi connectivity index (χ2v) is 6.65. The molecule has 29 heavy (non-hydrogen) atoms. The van der Waals surface area contributed by atoms with Crippen molar-refractivity contribution in [2.75, 3.05) is 18.5 Å². The van der Waals surface area contributed by atoms with Crippen LogP contribution in [0.15, 0.2) is 60.7 Å². The minimum atomic E-state index is -0.736. The van der Waals surface area contributed by atoms with Gasteiger partial charge in [0.2, 0.25) is 0 Å². The zero-order valence-electron chi connectivity index (χ0n) is 15.8. The lowest BCUT2D eigenvalue weighted by atomic mass is 10.2. The second kappa shape index (κ2) is 8.24. The van der Waals surface area contributed by atoms with E-state index in [1.54, 1.807) is 30.3 Å². The first-order chi connectivity index (χ1) is 14.1. The van der Waals surface area contributed by atoms with E-state index in [1.807, 2.05) is 31.2 Å². The molecule has 0 bridgehead atoms. The summed E-state index contributed by atoms with van der Waals surface area (Å²) in [6.07, 6.45) is -0.736. The van der Waals surface area contributed by atoms with Crippen molar-refractivity contribution in [3.8, 4) is 17.1 Å². The van der Waals surface area contributed by atoms with E-state index in [0.717, 1.165) is 5.56 Å². The number of aromatic nitrogens is 4. The Morgan fingerprint density at radius 3 is 2.79 bits per heavy atom. The van der Waals surface area contributed by atoms with Crippen LogP contribution in [0, 0.1) is 12.7 Å². The van der Waals surface area contributed by atoms with Gasteiger partial charge in [0.25, 0.3) is 0 Å². The van der Waals surface area contributed by atoms with Crippen LogP contribution in [-0.4, -0.2) is 44.2 Å². The van der Waals surface area contributed by atoms with E-state index < -0.39 is 11.9 Å². The van der Waals surface area contributed by atoms with Crippen molar-refractivity contribution >= 4 is 11.5 Å². The highest BCUT2D eigenvalue weighted by Gasteiger charge is 2.14. The Hall–Kier alpha value is -3.52. The Kier molecular flexibility index (Phi) is 5.35. The first-order valence-corrected chi connectivity index (χ1v) is 9.19. The molecule has 1 unspecified atom stereocenters. The normalized spacial score (nSPS) is 12.1. The molecule has 0 saturated carbocycles. The van der Waals surface area contributed by atoms with Crippen molar-refractivity contribution in [2.24, 2.45) is 0 Å². The second-order valence-electron chi connectivity index (χ2n) is 6.65. The molecule has 2 aromatic carbocycles. The summed E-state index contributed by atoms with van der Waals surface area (Å²) in [4.78, 5) is 0. The smallest absolute Gasteiger partial charge is 0.188 e. The molecule has 0 amide bonds. The standard InChI is InChI=1S/C21H20FN5O2/c1-14-5-4-6-16(11-14)29-13-15(28)12-23-19-9-10-20-24-25-21(27(20)26-19)17-7-2-3-8-18(17)22/h2-11,15,28H,12-13H2,1H3,(H,23,26). The van der Waals surface area contributed by atoms with Crippen LogP contribution in [0.25, 0.3) is 17.0 Å². The highest BCUT2D eigenvalue weighted by molar-refractivity contribution is 5.60. The topological polar surface area (TPSA) is 84.6 Å². The Balaban J connectivity index is 1.43. The molecular weight excluding hydrogens is 373 g/mol. The Labute approximate surface area is 166 Å². The molecule has 148 valence electrons. The molecule has 0 radical (unpaired) electrons. The molecule has 8 heteroatoms. The molecule has 0 fully saturated rings. The molecule has 4 rings (SSSR count). The van der Waals surface area contributed by atoms with E-state index in [4.69, 9.17) is 4.74 Å². The minimum absolute atomic E-state index is 0.145. The summed E-state index contributed by atoms with van der Waals surface area (Å²) < 4.78 is 21.2. The van der Waals surface area contributed by atoms with Gasteiger partial charge in [-0.2, -0.15) is 4.52 Å². The number of anilines is 1. The maximum Gasteiger partial charge on any atom is 0.188 e. The third kappa shape index (κ3) is 4.33. The van der Waals surface area contributed by atoms with Crippen molar-refractivity contribution in [1.29, 1.82) is 0 Å². The molecule has 0 aliphatic rings. The lowest BCUT2D eigenvalue weighted by Gasteiger charge is -2.14. The van der Waals surface area contributed by atoms with Crippen LogP contribution < -0.4 is 10.1 Å². The molecule has 0 aliphatic heterocycles. The van der Waals surface area contributed by atoms with Crippen molar-refractivity contribution in [1.82, 2.24) is 19.8 Å². The molecule has 2 N–H and O–H groups in total. The number of halogens is 1. The molecule has 2 aromatic heterocycles. The van der Waals surface area contributed by atoms with E-state index in [1.165, 1.54) is 10.6 Å². The summed E-state index contributed by atoms with van der Waals surface area (Å²) in [6, 6.07) is 17.4. The number of aliphatic hydroxyl groups is 1. The minimum Gasteiger partial charge on any atom is -0.491 e. The van der Waals surface area contributed by atoms with Crippen LogP contribution in [0.3, 0.4) is 0 Å². The third-order valence-electron chi connectivity index (χ3n) is 4.33. The van der Waals surface area contributed by atoms with Crippen molar-refractivity contribution in [2.45, 2.75) is 13.0 Å². The Bertz CT molecular complexity index is 1130. The quantitative estimate of drug-likeness (QED) is 0.502. The maximum atomic E-state index is 14.1. The van der Waals surface area contributed by atoms with E-state index in [0.29, 0.717) is 28.6 Å². The van der Waals surface area contributed by atoms with Gasteiger partial charge in [0.15, 0.2) is 11.5 Å². The largest absolute Gasteiger partial charge is 0.491 e. The van der Waals surface area contributed by atoms with E-state index in [2.05, 4.69) is 20.6 Å². The van der Waals surface area contributed by atoms with Gasteiger partial charge in [0, 0.05) is 6.54 Å². The van der Waals surface area contributed by atoms with Crippen molar-refractivity contribution in [3.05, 3.63) is 72.0 Å². The summed E-state index contributed by atoms with van der Waals surface area (Å²) in [6.45, 7) is 2.36. The fraction of sp³-hybridized carbons (Fsp3) is 0.190. The van der Waals surface area contributed by atoms with Gasteiger partial charge in [-0.1, -0.05) is 24.3 Å². The van der Waals surface area contributed by atoms with Crippen molar-refractivity contribution in [3.63, 3.8) is 0 Å². The Morgan fingerprint density at radius 2 is 1.97 bits per heavy atom. The van der Waals surface area contributed by atoms with Gasteiger partial charge in [-0.3, -0.25) is 0 Å². The number of nitrogens with zero attached hydrogens (tertiary/aromatic N) is 4. The van der Waals surface area contributed by atoms with Gasteiger partial charge in [0.05, 0.1) is 5.56 Å². The van der Waals surface area contributed by atoms with Gasteiger partial charge >= 0.3 is 0 Å². The van der Waals surface area contributed by atoms with Crippen LogP contribution >= 0.6 is 0 Å². The van der Waals surface area contributed by atoms with E-state index in [9.17, 15) is 9.50 Å². The zero-order valence-corrected chi connectivity index (χ0v) is 15.8. The highest BCUT2D eigenvalue weighted by Crippen LogP contribution is 2.21. The van der Waals surface area contributed by atoms with Crippen LogP contribution in [-0.2, 0) is 0 Å². The lowest BCUT2D eigenvalue weighted by Crippen LogP contribution is -2.26. The fourth-order valence-corrected chi connectivity index (χ4v) is 2.87. The summed E-state index contributed by atoms with van der Waals surface area (Å²) >= 11 is 0. The lowest BCUT2D eigenvalue weighted by molar-refractivity contribution is 0.117. The number of aryl methyl sites for hydroxylation is 1. The number of ether oxygens (including phenoxy) is 1. The average Bonchev–Trinajstić information content (AvgIpc) is 3.14. The first-order valence-electron chi connectivity index (χ1n) is 9.19. The highest BCUT2D eigenvalue weighted by atomic mass is 19.1. The number of aliphatic hydroxyl groups excluding tert-OH is 1. The summed E-state index contributed by atoms with van der Waals surface area (Å²) in [5.41, 5.74) is 1.90. The van der Waals surface area contributed by atoms with Gasteiger partial charge in [0.1, 0.15) is 30.1 Å². The molecule has 0 aliphatic carbocycles. The third-order valence-corrected chi connectivity index (χ3v) is 4.33. The number of nitrogens with one attached hydrogen (secondary N) is 1. The van der Waals surface area contributed by atoms with Crippen molar-refractivity contribution < 1.29 is 14.2 Å². The van der Waals surface area contributed by atoms with Crippen LogP contribution in [0.5, 0.6) is 5.75 Å². The molecule has 0 spiro atoms. The summed E-state index contributed by atoms with van der Waals surface area (Å²) in [7, 11) is 0. The molecule has 0 saturated heterocycles. The Morgan fingerprint density at radius 1 is 1.10 bits per heavy atom. The van der Waals surface area contributed by atoms with Crippen LogP contribution in [0.1, 0.15) is 5.56 Å². The average molecular weight is 393 g/mol. The van der Waals surface area contributed by atoms with E-state index in [-0.39, 0.29) is 13.2 Å². The summed E-state index contributed by atoms with van der Waals surface area (Å²) in [5.74, 6) is 1.13. The molecular formula is C21H20FN5O2. The predicted octanol–water partition coefficient (Wildman–Crippen LogP) is 3.09. The van der Waals surface area contributed by atoms with Gasteiger partial charge in [-0.15, -0.1) is 15.3 Å². The monoisotopic (exact) mass is 393 g/mol. The number of fused-ring (bicyclic) bond motifs is 1. The van der Waals surface area contributed by atoms with Crippen LogP contribution in [0.2, 0.25) is 0 Å². The fourth-order valence-electron chi connectivity index (χ4n) is 2.87.